The Hall–Kier alpha value is -1.98. The molecule has 2 fully saturated rings. The van der Waals surface area contributed by atoms with Gasteiger partial charge in [0.1, 0.15) is 5.82 Å². The fourth-order valence-electron chi connectivity index (χ4n) is 3.72. The van der Waals surface area contributed by atoms with Crippen molar-refractivity contribution in [2.75, 3.05) is 37.6 Å². The molecule has 1 atom stereocenters. The van der Waals surface area contributed by atoms with Crippen molar-refractivity contribution in [2.24, 2.45) is 0 Å². The van der Waals surface area contributed by atoms with Crippen LogP contribution < -0.4 is 10.2 Å². The second-order valence-electron chi connectivity index (χ2n) is 6.70. The van der Waals surface area contributed by atoms with E-state index in [1.54, 1.807) is 0 Å². The molecule has 0 radical (unpaired) electrons. The smallest absolute Gasteiger partial charge is 0.128 e. The van der Waals surface area contributed by atoms with Crippen LogP contribution in [0.3, 0.4) is 0 Å². The molecule has 2 aliphatic rings. The Balaban J connectivity index is 1.46. The fraction of sp³-hybridized carbons (Fsp3) is 0.474. The maximum absolute atomic E-state index is 4.70. The number of hydrogen-bond donors (Lipinski definition) is 1. The molecule has 0 amide bonds. The SMILES string of the molecule is c1cncc(C2CNCCN2Cc2ccc(N3CCCC3)nc2)c1. The van der Waals surface area contributed by atoms with Crippen LogP contribution in [0.4, 0.5) is 5.82 Å². The lowest BCUT2D eigenvalue weighted by Gasteiger charge is -2.36. The summed E-state index contributed by atoms with van der Waals surface area (Å²) in [5, 5.41) is 3.50. The van der Waals surface area contributed by atoms with Crippen LogP contribution in [0.5, 0.6) is 0 Å². The highest BCUT2D eigenvalue weighted by Gasteiger charge is 2.24. The van der Waals surface area contributed by atoms with Crippen LogP contribution in [0, 0.1) is 0 Å². The minimum absolute atomic E-state index is 0.380. The zero-order valence-electron chi connectivity index (χ0n) is 14.1. The number of nitrogens with one attached hydrogen (secondary N) is 1. The van der Waals surface area contributed by atoms with Gasteiger partial charge in [0.15, 0.2) is 0 Å². The minimum Gasteiger partial charge on any atom is -0.357 e. The van der Waals surface area contributed by atoms with Gasteiger partial charge in [-0.25, -0.2) is 4.98 Å². The molecule has 0 aromatic carbocycles. The van der Waals surface area contributed by atoms with E-state index in [9.17, 15) is 0 Å². The third kappa shape index (κ3) is 3.42. The Kier molecular flexibility index (Phi) is 4.71. The molecular formula is C19H25N5. The second-order valence-corrected chi connectivity index (χ2v) is 6.70. The van der Waals surface area contributed by atoms with E-state index in [1.807, 2.05) is 18.5 Å². The minimum atomic E-state index is 0.380. The summed E-state index contributed by atoms with van der Waals surface area (Å²) in [6, 6.07) is 9.00. The average molecular weight is 323 g/mol. The van der Waals surface area contributed by atoms with Crippen molar-refractivity contribution in [3.05, 3.63) is 54.0 Å². The summed E-state index contributed by atoms with van der Waals surface area (Å²) in [4.78, 5) is 13.9. The summed E-state index contributed by atoms with van der Waals surface area (Å²) in [5.41, 5.74) is 2.57. The van der Waals surface area contributed by atoms with E-state index in [2.05, 4.69) is 44.5 Å². The van der Waals surface area contributed by atoms with Crippen LogP contribution >= 0.6 is 0 Å². The normalized spacial score (nSPS) is 22.0. The summed E-state index contributed by atoms with van der Waals surface area (Å²) < 4.78 is 0. The molecule has 4 heterocycles. The molecule has 0 bridgehead atoms. The third-order valence-corrected chi connectivity index (χ3v) is 5.05. The number of rotatable bonds is 4. The van der Waals surface area contributed by atoms with Crippen molar-refractivity contribution in [3.63, 3.8) is 0 Å². The first-order chi connectivity index (χ1) is 11.9. The van der Waals surface area contributed by atoms with Gasteiger partial charge >= 0.3 is 0 Å². The van der Waals surface area contributed by atoms with Gasteiger partial charge in [-0.2, -0.15) is 0 Å². The predicted molar refractivity (Wildman–Crippen MR) is 95.9 cm³/mol. The van der Waals surface area contributed by atoms with Crippen LogP contribution in [0.1, 0.15) is 30.0 Å². The lowest BCUT2D eigenvalue weighted by Crippen LogP contribution is -2.45. The lowest BCUT2D eigenvalue weighted by molar-refractivity contribution is 0.153. The zero-order chi connectivity index (χ0) is 16.2. The number of nitrogens with zero attached hydrogens (tertiary/aromatic N) is 4. The molecule has 5 nitrogen and oxygen atoms in total. The van der Waals surface area contributed by atoms with E-state index < -0.39 is 0 Å². The van der Waals surface area contributed by atoms with Crippen molar-refractivity contribution in [3.8, 4) is 0 Å². The molecule has 2 aromatic rings. The lowest BCUT2D eigenvalue weighted by atomic mass is 10.0. The van der Waals surface area contributed by atoms with Gasteiger partial charge in [0.25, 0.3) is 0 Å². The van der Waals surface area contributed by atoms with Gasteiger partial charge in [-0.3, -0.25) is 9.88 Å². The summed E-state index contributed by atoms with van der Waals surface area (Å²) in [5.74, 6) is 1.13. The number of pyridine rings is 2. The van der Waals surface area contributed by atoms with Gasteiger partial charge in [0, 0.05) is 63.9 Å². The maximum atomic E-state index is 4.70. The van der Waals surface area contributed by atoms with E-state index in [0.717, 1.165) is 45.1 Å². The highest BCUT2D eigenvalue weighted by atomic mass is 15.2. The van der Waals surface area contributed by atoms with Crippen molar-refractivity contribution in [1.82, 2.24) is 20.2 Å². The second kappa shape index (κ2) is 7.28. The summed E-state index contributed by atoms with van der Waals surface area (Å²) >= 11 is 0. The monoisotopic (exact) mass is 323 g/mol. The van der Waals surface area contributed by atoms with Crippen molar-refractivity contribution in [2.45, 2.75) is 25.4 Å². The molecule has 5 heteroatoms. The Labute approximate surface area is 143 Å². The van der Waals surface area contributed by atoms with Gasteiger partial charge in [-0.05, 0) is 36.1 Å². The topological polar surface area (TPSA) is 44.3 Å². The van der Waals surface area contributed by atoms with Gasteiger partial charge in [0.2, 0.25) is 0 Å². The average Bonchev–Trinajstić information content (AvgIpc) is 3.18. The van der Waals surface area contributed by atoms with Crippen LogP contribution in [-0.2, 0) is 6.54 Å². The maximum Gasteiger partial charge on any atom is 0.128 e. The first-order valence-corrected chi connectivity index (χ1v) is 8.95. The molecule has 2 aliphatic heterocycles. The first kappa shape index (κ1) is 15.5. The number of aromatic nitrogens is 2. The van der Waals surface area contributed by atoms with Gasteiger partial charge in [-0.15, -0.1) is 0 Å². The molecule has 24 heavy (non-hydrogen) atoms. The number of anilines is 1. The van der Waals surface area contributed by atoms with Crippen LogP contribution in [0.2, 0.25) is 0 Å². The van der Waals surface area contributed by atoms with E-state index >= 15 is 0 Å². The summed E-state index contributed by atoms with van der Waals surface area (Å²) in [6.07, 6.45) is 8.45. The molecule has 0 saturated carbocycles. The van der Waals surface area contributed by atoms with Crippen molar-refractivity contribution >= 4 is 5.82 Å². The molecule has 0 aliphatic carbocycles. The number of piperazine rings is 1. The predicted octanol–water partition coefficient (Wildman–Crippen LogP) is 2.22. The standard InChI is InChI=1S/C19H25N5/c1-2-10-23(9-1)19-6-5-16(12-22-19)15-24-11-8-21-14-18(24)17-4-3-7-20-13-17/h3-7,12-13,18,21H,1-2,8-11,14-15H2. The van der Waals surface area contributed by atoms with E-state index in [1.165, 1.54) is 24.0 Å². The molecule has 1 N–H and O–H groups in total. The quantitative estimate of drug-likeness (QED) is 0.935. The Morgan fingerprint density at radius 2 is 2.00 bits per heavy atom. The zero-order valence-corrected chi connectivity index (χ0v) is 14.1. The first-order valence-electron chi connectivity index (χ1n) is 8.95. The van der Waals surface area contributed by atoms with Gasteiger partial charge < -0.3 is 10.2 Å². The Morgan fingerprint density at radius 1 is 1.08 bits per heavy atom. The Morgan fingerprint density at radius 3 is 2.75 bits per heavy atom. The third-order valence-electron chi connectivity index (χ3n) is 5.05. The largest absolute Gasteiger partial charge is 0.357 e. The molecule has 0 spiro atoms. The van der Waals surface area contributed by atoms with E-state index in [-0.39, 0.29) is 0 Å². The molecule has 2 saturated heterocycles. The molecule has 1 unspecified atom stereocenters. The van der Waals surface area contributed by atoms with Crippen molar-refractivity contribution < 1.29 is 0 Å². The summed E-state index contributed by atoms with van der Waals surface area (Å²) in [7, 11) is 0. The van der Waals surface area contributed by atoms with Crippen LogP contribution in [0.25, 0.3) is 0 Å². The van der Waals surface area contributed by atoms with Gasteiger partial charge in [-0.1, -0.05) is 12.1 Å². The summed E-state index contributed by atoms with van der Waals surface area (Å²) in [6.45, 7) is 6.30. The highest BCUT2D eigenvalue weighted by molar-refractivity contribution is 5.40. The molecule has 2 aromatic heterocycles. The Bertz CT molecular complexity index is 637. The highest BCUT2D eigenvalue weighted by Crippen LogP contribution is 2.24. The van der Waals surface area contributed by atoms with E-state index in [4.69, 9.17) is 4.98 Å². The molecule has 4 rings (SSSR count). The molecular weight excluding hydrogens is 298 g/mol. The number of hydrogen-bond acceptors (Lipinski definition) is 5. The van der Waals surface area contributed by atoms with E-state index in [0.29, 0.717) is 6.04 Å². The van der Waals surface area contributed by atoms with Crippen LogP contribution in [-0.4, -0.2) is 47.6 Å². The molecule has 126 valence electrons. The van der Waals surface area contributed by atoms with Gasteiger partial charge in [0.05, 0.1) is 0 Å². The van der Waals surface area contributed by atoms with Crippen molar-refractivity contribution in [1.29, 1.82) is 0 Å². The van der Waals surface area contributed by atoms with Crippen LogP contribution in [0.15, 0.2) is 42.9 Å². The fourth-order valence-corrected chi connectivity index (χ4v) is 3.72.